The first-order valence-corrected chi connectivity index (χ1v) is 6.40. The molecule has 1 aromatic heterocycles. The number of ether oxygens (including phenoxy) is 1. The molecule has 0 bridgehead atoms. The molecule has 2 unspecified atom stereocenters. The van der Waals surface area contributed by atoms with E-state index < -0.39 is 42.5 Å². The van der Waals surface area contributed by atoms with Crippen LogP contribution in [0.15, 0.2) is 34.7 Å². The van der Waals surface area contributed by atoms with Gasteiger partial charge in [0.2, 0.25) is 5.89 Å². The molecule has 0 radical (unpaired) electrons. The minimum absolute atomic E-state index is 0.240. The predicted molar refractivity (Wildman–Crippen MR) is 67.7 cm³/mol. The molecule has 0 fully saturated rings. The Balaban J connectivity index is 2.34. The molecule has 0 aliphatic heterocycles. The lowest BCUT2D eigenvalue weighted by Crippen LogP contribution is -2.39. The number of nitrogens with two attached hydrogens (primary N) is 1. The Labute approximate surface area is 131 Å². The van der Waals surface area contributed by atoms with E-state index in [1.807, 2.05) is 0 Å². The van der Waals surface area contributed by atoms with Crippen LogP contribution in [0, 0.1) is 0 Å². The van der Waals surface area contributed by atoms with E-state index in [9.17, 15) is 26.7 Å². The molecule has 2 rings (SSSR count). The summed E-state index contributed by atoms with van der Waals surface area (Å²) in [5.74, 6) is -5.40. The molecular weight excluding hydrogens is 341 g/mol. The molecule has 0 saturated heterocycles. The summed E-state index contributed by atoms with van der Waals surface area (Å²) in [7, 11) is 0. The van der Waals surface area contributed by atoms with Gasteiger partial charge in [0, 0.05) is 0 Å². The molecule has 2 aromatic rings. The van der Waals surface area contributed by atoms with Crippen LogP contribution in [0.5, 0.6) is 0 Å². The second-order valence-corrected chi connectivity index (χ2v) is 4.54. The van der Waals surface area contributed by atoms with Crippen LogP contribution >= 0.6 is 0 Å². The minimum Gasteiger partial charge on any atom is -0.439 e. The predicted octanol–water partition coefficient (Wildman–Crippen LogP) is 2.53. The third-order valence-corrected chi connectivity index (χ3v) is 2.87. The summed E-state index contributed by atoms with van der Waals surface area (Å²) in [4.78, 5) is 10.9. The zero-order valence-electron chi connectivity index (χ0n) is 11.7. The molecule has 0 saturated carbocycles. The number of alkyl halides is 5. The fraction of sp³-hybridized carbons (Fsp3) is 0.308. The molecule has 1 heterocycles. The van der Waals surface area contributed by atoms with Gasteiger partial charge < -0.3 is 9.15 Å². The van der Waals surface area contributed by atoms with E-state index in [1.54, 1.807) is 6.07 Å². The van der Waals surface area contributed by atoms with Gasteiger partial charge in [0.1, 0.15) is 5.92 Å². The largest absolute Gasteiger partial charge is 0.490 e. The maximum absolute atomic E-state index is 12.6. The van der Waals surface area contributed by atoms with Crippen LogP contribution in [-0.4, -0.2) is 28.6 Å². The number of carbonyl (C=O) groups is 1. The Bertz CT molecular complexity index is 690. The van der Waals surface area contributed by atoms with Crippen molar-refractivity contribution in [2.75, 3.05) is 0 Å². The fourth-order valence-corrected chi connectivity index (χ4v) is 1.85. The van der Waals surface area contributed by atoms with Gasteiger partial charge in [0.15, 0.2) is 6.23 Å². The Hall–Kier alpha value is -2.56. The number of hydrogen-bond acceptors (Lipinski definition) is 6. The van der Waals surface area contributed by atoms with Gasteiger partial charge in [-0.2, -0.15) is 22.0 Å². The number of benzene rings is 1. The molecular formula is C13H10F5N3O3. The maximum Gasteiger partial charge on any atom is 0.490 e. The van der Waals surface area contributed by atoms with Crippen molar-refractivity contribution in [2.45, 2.75) is 24.7 Å². The van der Waals surface area contributed by atoms with Gasteiger partial charge in [-0.3, -0.25) is 5.73 Å². The van der Waals surface area contributed by atoms with Crippen LogP contribution < -0.4 is 5.73 Å². The summed E-state index contributed by atoms with van der Waals surface area (Å²) >= 11 is 0. The number of rotatable bonds is 5. The maximum atomic E-state index is 12.6. The normalized spacial score (nSPS) is 14.5. The van der Waals surface area contributed by atoms with Crippen molar-refractivity contribution in [2.24, 2.45) is 5.73 Å². The van der Waals surface area contributed by atoms with E-state index in [4.69, 9.17) is 10.2 Å². The molecule has 130 valence electrons. The summed E-state index contributed by atoms with van der Waals surface area (Å²) in [5.41, 5.74) is 5.75. The third kappa shape index (κ3) is 4.04. The van der Waals surface area contributed by atoms with Crippen LogP contribution in [0.4, 0.5) is 22.0 Å². The Morgan fingerprint density at radius 3 is 2.21 bits per heavy atom. The lowest BCUT2D eigenvalue weighted by atomic mass is 9.97. The van der Waals surface area contributed by atoms with Gasteiger partial charge in [-0.1, -0.05) is 30.3 Å². The number of nitrogens with zero attached hydrogens (tertiary/aromatic N) is 2. The second kappa shape index (κ2) is 6.91. The highest BCUT2D eigenvalue weighted by atomic mass is 19.4. The molecule has 6 nitrogen and oxygen atoms in total. The van der Waals surface area contributed by atoms with Crippen molar-refractivity contribution >= 4 is 5.97 Å². The third-order valence-electron chi connectivity index (χ3n) is 2.87. The number of hydrogen-bond donors (Lipinski definition) is 1. The molecule has 2 atom stereocenters. The Kier molecular flexibility index (Phi) is 5.12. The molecule has 11 heteroatoms. The van der Waals surface area contributed by atoms with Crippen LogP contribution in [0.25, 0.3) is 0 Å². The van der Waals surface area contributed by atoms with Gasteiger partial charge >= 0.3 is 18.6 Å². The second-order valence-electron chi connectivity index (χ2n) is 4.54. The average Bonchev–Trinajstić information content (AvgIpc) is 2.97. The van der Waals surface area contributed by atoms with E-state index in [0.29, 0.717) is 0 Å². The lowest BCUT2D eigenvalue weighted by Gasteiger charge is -2.21. The van der Waals surface area contributed by atoms with Crippen molar-refractivity contribution in [3.63, 3.8) is 0 Å². The summed E-state index contributed by atoms with van der Waals surface area (Å²) in [6, 6.07) is 7.50. The van der Waals surface area contributed by atoms with Crippen LogP contribution in [0.3, 0.4) is 0 Å². The van der Waals surface area contributed by atoms with E-state index in [-0.39, 0.29) is 5.56 Å². The summed E-state index contributed by atoms with van der Waals surface area (Å²) in [6.45, 7) is 0. The number of halogens is 5. The lowest BCUT2D eigenvalue weighted by molar-refractivity contribution is -0.205. The number of carbonyl (C=O) groups excluding carboxylic acids is 1. The highest BCUT2D eigenvalue weighted by molar-refractivity contribution is 5.75. The van der Waals surface area contributed by atoms with Gasteiger partial charge in [0.25, 0.3) is 5.89 Å². The Morgan fingerprint density at radius 2 is 1.71 bits per heavy atom. The molecule has 0 spiro atoms. The minimum atomic E-state index is -5.26. The van der Waals surface area contributed by atoms with Crippen LogP contribution in [0.1, 0.15) is 29.7 Å². The molecule has 1 aromatic carbocycles. The van der Waals surface area contributed by atoms with Crippen molar-refractivity contribution in [3.05, 3.63) is 47.7 Å². The van der Waals surface area contributed by atoms with E-state index in [1.165, 1.54) is 24.3 Å². The Morgan fingerprint density at radius 1 is 1.12 bits per heavy atom. The first-order chi connectivity index (χ1) is 11.2. The van der Waals surface area contributed by atoms with Gasteiger partial charge in [-0.15, -0.1) is 10.2 Å². The topological polar surface area (TPSA) is 91.2 Å². The van der Waals surface area contributed by atoms with Crippen molar-refractivity contribution in [1.82, 2.24) is 10.2 Å². The van der Waals surface area contributed by atoms with Crippen LogP contribution in [0.2, 0.25) is 0 Å². The average molecular weight is 351 g/mol. The molecule has 0 amide bonds. The fourth-order valence-electron chi connectivity index (χ4n) is 1.85. The summed E-state index contributed by atoms with van der Waals surface area (Å²) < 4.78 is 70.9. The van der Waals surface area contributed by atoms with Gasteiger partial charge in [-0.05, 0) is 5.56 Å². The van der Waals surface area contributed by atoms with Crippen molar-refractivity contribution in [1.29, 1.82) is 0 Å². The van der Waals surface area contributed by atoms with Crippen molar-refractivity contribution < 1.29 is 35.9 Å². The highest BCUT2D eigenvalue weighted by Gasteiger charge is 2.44. The summed E-state index contributed by atoms with van der Waals surface area (Å²) in [5, 5.41) is 6.44. The molecule has 2 N–H and O–H groups in total. The smallest absolute Gasteiger partial charge is 0.439 e. The van der Waals surface area contributed by atoms with Gasteiger partial charge in [-0.25, -0.2) is 4.79 Å². The van der Waals surface area contributed by atoms with Gasteiger partial charge in [0.05, 0.1) is 0 Å². The molecule has 24 heavy (non-hydrogen) atoms. The van der Waals surface area contributed by atoms with Crippen LogP contribution in [-0.2, 0) is 9.53 Å². The quantitative estimate of drug-likeness (QED) is 0.506. The zero-order chi connectivity index (χ0) is 17.9. The van der Waals surface area contributed by atoms with E-state index in [0.717, 1.165) is 0 Å². The highest BCUT2D eigenvalue weighted by Crippen LogP contribution is 2.30. The molecule has 0 aliphatic carbocycles. The van der Waals surface area contributed by atoms with E-state index >= 15 is 0 Å². The first kappa shape index (κ1) is 17.8. The standard InChI is InChI=1S/C13H10F5N3O3/c14-8(15)11-21-20-10(24-11)7(6-4-2-1-3-5-6)9(19)23-12(22)13(16,17)18/h1-5,7-9H,19H2. The number of esters is 1. The SMILES string of the molecule is NC(OC(=O)C(F)(F)F)C(c1ccccc1)c1nnc(C(F)F)o1. The summed E-state index contributed by atoms with van der Waals surface area (Å²) in [6.07, 6.45) is -10.2. The molecule has 0 aliphatic rings. The van der Waals surface area contributed by atoms with E-state index in [2.05, 4.69) is 14.9 Å². The number of aromatic nitrogens is 2. The monoisotopic (exact) mass is 351 g/mol. The first-order valence-electron chi connectivity index (χ1n) is 6.40. The zero-order valence-corrected chi connectivity index (χ0v) is 11.7. The van der Waals surface area contributed by atoms with Crippen molar-refractivity contribution in [3.8, 4) is 0 Å².